The van der Waals surface area contributed by atoms with Crippen LogP contribution in [0.1, 0.15) is 79.2 Å². The second-order valence-corrected chi connectivity index (χ2v) is 15.7. The molecule has 1 spiro atoms. The Hall–Kier alpha value is -2.84. The molecule has 4 saturated carbocycles. The van der Waals surface area contributed by atoms with Crippen LogP contribution in [0.2, 0.25) is 0 Å². The summed E-state index contributed by atoms with van der Waals surface area (Å²) in [5, 5.41) is 36.9. The van der Waals surface area contributed by atoms with Gasteiger partial charge in [0.2, 0.25) is 6.29 Å². The van der Waals surface area contributed by atoms with Crippen molar-refractivity contribution in [1.82, 2.24) is 0 Å². The number of ether oxygens (including phenoxy) is 5. The first-order valence-electron chi connectivity index (χ1n) is 16.9. The number of fused-ring (bicyclic) bond motifs is 1. The summed E-state index contributed by atoms with van der Waals surface area (Å²) in [7, 11) is 0. The lowest BCUT2D eigenvalue weighted by molar-refractivity contribution is -0.391. The fourth-order valence-corrected chi connectivity index (χ4v) is 11.6. The van der Waals surface area contributed by atoms with Crippen LogP contribution in [0.3, 0.4) is 0 Å². The zero-order chi connectivity index (χ0) is 34.9. The van der Waals surface area contributed by atoms with Crippen molar-refractivity contribution >= 4 is 23.7 Å². The molecule has 264 valence electrons. The first-order valence-corrected chi connectivity index (χ1v) is 16.9. The number of furan rings is 1. The molecule has 0 radical (unpaired) electrons. The van der Waals surface area contributed by atoms with E-state index in [1.165, 1.54) is 13.2 Å². The molecule has 13 heteroatoms. The van der Waals surface area contributed by atoms with Crippen LogP contribution in [0, 0.1) is 39.4 Å². The lowest BCUT2D eigenvalue weighted by Crippen LogP contribution is -2.84. The highest BCUT2D eigenvalue weighted by atomic mass is 16.7. The smallest absolute Gasteiger partial charge is 0.310 e. The van der Waals surface area contributed by atoms with Crippen molar-refractivity contribution < 1.29 is 62.6 Å². The van der Waals surface area contributed by atoms with Gasteiger partial charge in [0.05, 0.1) is 42.7 Å². The quantitative estimate of drug-likeness (QED) is 0.226. The molecule has 7 rings (SSSR count). The molecule has 6 fully saturated rings. The zero-order valence-corrected chi connectivity index (χ0v) is 28.3. The van der Waals surface area contributed by atoms with Crippen LogP contribution in [0.4, 0.5) is 0 Å². The van der Waals surface area contributed by atoms with Crippen LogP contribution >= 0.6 is 0 Å². The van der Waals surface area contributed by atoms with Crippen molar-refractivity contribution in [1.29, 1.82) is 0 Å². The largest absolute Gasteiger partial charge is 0.472 e. The summed E-state index contributed by atoms with van der Waals surface area (Å²) in [6.45, 7) is 10.8. The van der Waals surface area contributed by atoms with Crippen LogP contribution in [0.25, 0.3) is 0 Å². The summed E-state index contributed by atoms with van der Waals surface area (Å²) in [6.07, 6.45) is -5.14. The number of esters is 3. The minimum absolute atomic E-state index is 0.0276. The van der Waals surface area contributed by atoms with Gasteiger partial charge in [0.15, 0.2) is 5.78 Å². The van der Waals surface area contributed by atoms with Crippen molar-refractivity contribution in [3.63, 3.8) is 0 Å². The molecule has 0 amide bonds. The first-order chi connectivity index (χ1) is 22.5. The van der Waals surface area contributed by atoms with E-state index in [4.69, 9.17) is 28.1 Å². The second-order valence-electron chi connectivity index (χ2n) is 15.7. The zero-order valence-electron chi connectivity index (χ0n) is 28.3. The third kappa shape index (κ3) is 3.74. The number of aliphatic hydroxyl groups is 3. The van der Waals surface area contributed by atoms with E-state index in [0.29, 0.717) is 12.8 Å². The van der Waals surface area contributed by atoms with E-state index in [1.807, 2.05) is 13.8 Å². The van der Waals surface area contributed by atoms with E-state index in [-0.39, 0.29) is 18.9 Å². The Labute approximate surface area is 278 Å². The third-order valence-corrected chi connectivity index (χ3v) is 13.8. The van der Waals surface area contributed by atoms with Crippen molar-refractivity contribution in [3.05, 3.63) is 24.2 Å². The van der Waals surface area contributed by atoms with Crippen molar-refractivity contribution in [3.8, 4) is 0 Å². The Bertz CT molecular complexity index is 1530. The highest BCUT2D eigenvalue weighted by molar-refractivity contribution is 5.91. The van der Waals surface area contributed by atoms with Gasteiger partial charge in [-0.25, -0.2) is 0 Å². The molecule has 4 aliphatic carbocycles. The number of epoxide rings is 1. The van der Waals surface area contributed by atoms with Crippen LogP contribution in [0.5, 0.6) is 0 Å². The van der Waals surface area contributed by atoms with Gasteiger partial charge in [0.25, 0.3) is 0 Å². The summed E-state index contributed by atoms with van der Waals surface area (Å²) >= 11 is 0. The summed E-state index contributed by atoms with van der Waals surface area (Å²) in [5.41, 5.74) is -6.03. The molecule has 2 aliphatic heterocycles. The topological polar surface area (TPSA) is 192 Å². The van der Waals surface area contributed by atoms with Crippen LogP contribution < -0.4 is 0 Å². The van der Waals surface area contributed by atoms with E-state index in [0.717, 1.165) is 12.5 Å². The van der Waals surface area contributed by atoms with Gasteiger partial charge in [0.1, 0.15) is 30.0 Å². The summed E-state index contributed by atoms with van der Waals surface area (Å²) < 4.78 is 36.0. The normalized spacial score (nSPS) is 50.6. The van der Waals surface area contributed by atoms with E-state index < -0.39 is 112 Å². The maximum Gasteiger partial charge on any atom is 0.310 e. The molecule has 2 saturated heterocycles. The Kier molecular flexibility index (Phi) is 7.42. The number of rotatable bonds is 6. The van der Waals surface area contributed by atoms with E-state index in [9.17, 15) is 29.7 Å². The monoisotopic (exact) mass is 674 g/mol. The standard InChI is InChI=1S/C35H46O13/c1-8-15(2)29(42)47-30-31(5)20-12-21(38)33(7)25(34(20,14-44-30)28(46-17(4)37)24(40)27(31)45-16(3)36)23(39)26(41)32(6)19(18-9-10-43-13-18)11-22-35(32,33)48-22/h9-10,13,15,19-22,24-28,30,38,40-41H,8,11-12,14H2,1-7H3/t15-,19+,20+,21-,22-,24+,25+,26+,27-,28+,30+,31-,32-,33-,34+,35-/m1/s1. The van der Waals surface area contributed by atoms with Gasteiger partial charge in [-0.05, 0) is 43.7 Å². The molecule has 1 aromatic rings. The van der Waals surface area contributed by atoms with Gasteiger partial charge >= 0.3 is 17.9 Å². The molecule has 13 nitrogen and oxygen atoms in total. The number of carbonyl (C=O) groups excluding carboxylic acids is 4. The van der Waals surface area contributed by atoms with Crippen LogP contribution in [-0.4, -0.2) is 94.1 Å². The van der Waals surface area contributed by atoms with Crippen LogP contribution in [-0.2, 0) is 42.9 Å². The Balaban J connectivity index is 1.43. The molecule has 0 aromatic carbocycles. The fourth-order valence-electron chi connectivity index (χ4n) is 11.6. The van der Waals surface area contributed by atoms with Crippen molar-refractivity contribution in [2.24, 2.45) is 39.4 Å². The SMILES string of the molecule is CC[C@@H](C)C(=O)O[C@@H]1OC[C@@]23[C@H]4C(=O)[C@H](O)[C@@]5(C)[C@H](c6ccoc6)C[C@H]6O[C@]65[C@]4(C)[C@H](O)C[C@H]2[C@]1(C)[C@H](OC(C)=O)[C@H](O)[C@@H]3OC(C)=O. The molecule has 3 N–H and O–H groups in total. The molecule has 2 bridgehead atoms. The van der Waals surface area contributed by atoms with Gasteiger partial charge < -0.3 is 43.4 Å². The predicted octanol–water partition coefficient (Wildman–Crippen LogP) is 2.03. The molecule has 48 heavy (non-hydrogen) atoms. The molecular weight excluding hydrogens is 628 g/mol. The number of Topliss-reactive ketones (excluding diaryl/α,β-unsaturated/α-hetero) is 1. The van der Waals surface area contributed by atoms with Gasteiger partial charge in [-0.3, -0.25) is 19.2 Å². The number of carbonyl (C=O) groups is 4. The number of ketones is 1. The summed E-state index contributed by atoms with van der Waals surface area (Å²) in [6, 6.07) is 1.80. The maximum absolute atomic E-state index is 15.1. The van der Waals surface area contributed by atoms with E-state index in [2.05, 4.69) is 0 Å². The Morgan fingerprint density at radius 2 is 1.67 bits per heavy atom. The van der Waals surface area contributed by atoms with Gasteiger partial charge in [-0.15, -0.1) is 0 Å². The fraction of sp³-hybridized carbons (Fsp3) is 0.771. The minimum Gasteiger partial charge on any atom is -0.472 e. The number of hydrogen-bond donors (Lipinski definition) is 3. The molecule has 0 unspecified atom stereocenters. The average molecular weight is 675 g/mol. The molecule has 16 atom stereocenters. The van der Waals surface area contributed by atoms with Crippen molar-refractivity contribution in [2.45, 2.75) is 122 Å². The van der Waals surface area contributed by atoms with Crippen molar-refractivity contribution in [2.75, 3.05) is 6.61 Å². The molecule has 6 aliphatic rings. The summed E-state index contributed by atoms with van der Waals surface area (Å²) in [4.78, 5) is 53.6. The molecule has 3 heterocycles. The lowest BCUT2D eigenvalue weighted by Gasteiger charge is -2.73. The van der Waals surface area contributed by atoms with Gasteiger partial charge in [-0.2, -0.15) is 0 Å². The first kappa shape index (κ1) is 33.6. The highest BCUT2D eigenvalue weighted by Crippen LogP contribution is 2.82. The Morgan fingerprint density at radius 1 is 1.00 bits per heavy atom. The molecular formula is C35H46O13. The van der Waals surface area contributed by atoms with E-state index in [1.54, 1.807) is 33.1 Å². The number of aliphatic hydroxyl groups excluding tert-OH is 3. The predicted molar refractivity (Wildman–Crippen MR) is 161 cm³/mol. The third-order valence-electron chi connectivity index (χ3n) is 13.8. The molecule has 1 aromatic heterocycles. The Morgan fingerprint density at radius 3 is 2.27 bits per heavy atom. The second kappa shape index (κ2) is 10.6. The number of hydrogen-bond acceptors (Lipinski definition) is 13. The highest BCUT2D eigenvalue weighted by Gasteiger charge is 2.92. The van der Waals surface area contributed by atoms with Gasteiger partial charge in [-0.1, -0.05) is 27.7 Å². The average Bonchev–Trinajstić information content (AvgIpc) is 3.39. The maximum atomic E-state index is 15.1. The summed E-state index contributed by atoms with van der Waals surface area (Å²) in [5.74, 6) is -5.66. The van der Waals surface area contributed by atoms with Crippen LogP contribution in [0.15, 0.2) is 23.0 Å². The van der Waals surface area contributed by atoms with Gasteiger partial charge in [0, 0.05) is 41.9 Å². The minimum atomic E-state index is -1.69. The lowest BCUT2D eigenvalue weighted by atomic mass is 9.33. The van der Waals surface area contributed by atoms with E-state index >= 15 is 4.79 Å².